The molecule has 5 nitrogen and oxygen atoms in total. The van der Waals surface area contributed by atoms with Gasteiger partial charge in [-0.05, 0) is 23.8 Å². The van der Waals surface area contributed by atoms with Gasteiger partial charge in [0.25, 0.3) is 5.91 Å². The maximum Gasteiger partial charge on any atom is 0.254 e. The molecule has 0 spiro atoms. The van der Waals surface area contributed by atoms with Gasteiger partial charge in [0.2, 0.25) is 5.88 Å². The highest BCUT2D eigenvalue weighted by Gasteiger charge is 2.13. The lowest BCUT2D eigenvalue weighted by molar-refractivity contribution is 0.0784. The molecule has 4 aromatic rings. The molecule has 0 unspecified atom stereocenters. The number of rotatable bonds is 6. The highest BCUT2D eigenvalue weighted by molar-refractivity contribution is 5.94. The second kappa shape index (κ2) is 9.01. The standard InChI is InChI=1S/C25H21N3O2/c1-28(17-19-9-4-2-5-10-19)25(29)21-13-8-14-22(15-21)30-24-16-23(26-18-27-24)20-11-6-3-7-12-20/h2-16,18H,17H2,1H3. The van der Waals surface area contributed by atoms with Gasteiger partial charge < -0.3 is 9.64 Å². The van der Waals surface area contributed by atoms with Crippen LogP contribution in [0, 0.1) is 0 Å². The summed E-state index contributed by atoms with van der Waals surface area (Å²) in [5.74, 6) is 0.898. The van der Waals surface area contributed by atoms with Crippen LogP contribution in [0.5, 0.6) is 11.6 Å². The van der Waals surface area contributed by atoms with E-state index in [9.17, 15) is 4.79 Å². The van der Waals surface area contributed by atoms with Crippen LogP contribution in [0.25, 0.3) is 11.3 Å². The third-order valence-electron chi connectivity index (χ3n) is 4.62. The van der Waals surface area contributed by atoms with Gasteiger partial charge in [0.1, 0.15) is 12.1 Å². The first-order chi connectivity index (χ1) is 14.7. The molecule has 0 saturated carbocycles. The minimum absolute atomic E-state index is 0.0723. The molecule has 1 amide bonds. The van der Waals surface area contributed by atoms with Gasteiger partial charge in [-0.15, -0.1) is 0 Å². The zero-order chi connectivity index (χ0) is 20.8. The average molecular weight is 395 g/mol. The quantitative estimate of drug-likeness (QED) is 0.450. The third kappa shape index (κ3) is 4.70. The van der Waals surface area contributed by atoms with E-state index in [-0.39, 0.29) is 5.91 Å². The molecule has 5 heteroatoms. The summed E-state index contributed by atoms with van der Waals surface area (Å²) in [5.41, 5.74) is 3.39. The average Bonchev–Trinajstić information content (AvgIpc) is 2.80. The normalized spacial score (nSPS) is 10.4. The zero-order valence-corrected chi connectivity index (χ0v) is 16.6. The van der Waals surface area contributed by atoms with Gasteiger partial charge in [-0.2, -0.15) is 0 Å². The molecular weight excluding hydrogens is 374 g/mol. The van der Waals surface area contributed by atoms with Crippen LogP contribution >= 0.6 is 0 Å². The van der Waals surface area contributed by atoms with Gasteiger partial charge in [-0.25, -0.2) is 9.97 Å². The number of aromatic nitrogens is 2. The predicted octanol–water partition coefficient (Wildman–Crippen LogP) is 5.21. The van der Waals surface area contributed by atoms with Crippen LogP contribution in [0.15, 0.2) is 97.3 Å². The van der Waals surface area contributed by atoms with E-state index in [0.29, 0.717) is 23.7 Å². The molecule has 0 fully saturated rings. The van der Waals surface area contributed by atoms with Crippen molar-refractivity contribution in [1.82, 2.24) is 14.9 Å². The van der Waals surface area contributed by atoms with Crippen molar-refractivity contribution in [2.45, 2.75) is 6.54 Å². The number of carbonyl (C=O) groups is 1. The lowest BCUT2D eigenvalue weighted by atomic mass is 10.1. The number of amides is 1. The Bertz CT molecular complexity index is 1130. The molecule has 0 radical (unpaired) electrons. The van der Waals surface area contributed by atoms with Crippen LogP contribution in [0.1, 0.15) is 15.9 Å². The topological polar surface area (TPSA) is 55.3 Å². The maximum absolute atomic E-state index is 12.8. The Hall–Kier alpha value is -3.99. The highest BCUT2D eigenvalue weighted by atomic mass is 16.5. The first-order valence-corrected chi connectivity index (χ1v) is 9.64. The molecule has 0 saturated heterocycles. The smallest absolute Gasteiger partial charge is 0.254 e. The van der Waals surface area contributed by atoms with Crippen molar-refractivity contribution in [2.24, 2.45) is 0 Å². The minimum atomic E-state index is -0.0723. The molecule has 4 rings (SSSR count). The monoisotopic (exact) mass is 395 g/mol. The van der Waals surface area contributed by atoms with Gasteiger partial charge in [0, 0.05) is 30.8 Å². The van der Waals surface area contributed by atoms with Gasteiger partial charge >= 0.3 is 0 Å². The van der Waals surface area contributed by atoms with Crippen molar-refractivity contribution in [2.75, 3.05) is 7.05 Å². The summed E-state index contributed by atoms with van der Waals surface area (Å²) < 4.78 is 5.91. The van der Waals surface area contributed by atoms with Crippen LogP contribution in [0.3, 0.4) is 0 Å². The van der Waals surface area contributed by atoms with E-state index in [1.807, 2.05) is 60.7 Å². The molecule has 148 valence electrons. The minimum Gasteiger partial charge on any atom is -0.439 e. The van der Waals surface area contributed by atoms with Crippen molar-refractivity contribution < 1.29 is 9.53 Å². The Balaban J connectivity index is 1.49. The van der Waals surface area contributed by atoms with E-state index >= 15 is 0 Å². The van der Waals surface area contributed by atoms with Crippen LogP contribution < -0.4 is 4.74 Å². The molecule has 1 aromatic heterocycles. The summed E-state index contributed by atoms with van der Waals surface area (Å²) >= 11 is 0. The zero-order valence-electron chi connectivity index (χ0n) is 16.6. The van der Waals surface area contributed by atoms with E-state index in [2.05, 4.69) is 9.97 Å². The molecule has 0 N–H and O–H groups in total. The summed E-state index contributed by atoms with van der Waals surface area (Å²) in [7, 11) is 1.79. The molecule has 1 heterocycles. The molecule has 3 aromatic carbocycles. The Morgan fingerprint density at radius 2 is 1.60 bits per heavy atom. The van der Waals surface area contributed by atoms with E-state index in [4.69, 9.17) is 4.74 Å². The van der Waals surface area contributed by atoms with Crippen molar-refractivity contribution in [3.63, 3.8) is 0 Å². The fraction of sp³-hybridized carbons (Fsp3) is 0.0800. The Kier molecular flexibility index (Phi) is 5.80. The van der Waals surface area contributed by atoms with Gasteiger partial charge in [0.05, 0.1) is 5.69 Å². The number of benzene rings is 3. The van der Waals surface area contributed by atoms with E-state index < -0.39 is 0 Å². The SMILES string of the molecule is CN(Cc1ccccc1)C(=O)c1cccc(Oc2cc(-c3ccccc3)ncn2)c1. The van der Waals surface area contributed by atoms with Crippen LogP contribution in [0.2, 0.25) is 0 Å². The van der Waals surface area contributed by atoms with Gasteiger partial charge in [-0.3, -0.25) is 4.79 Å². The molecule has 0 atom stereocenters. The fourth-order valence-electron chi connectivity index (χ4n) is 3.12. The molecule has 0 bridgehead atoms. The molecule has 0 aliphatic heterocycles. The summed E-state index contributed by atoms with van der Waals surface area (Å²) in [6.45, 7) is 0.539. The van der Waals surface area contributed by atoms with Gasteiger partial charge in [0.15, 0.2) is 0 Å². The maximum atomic E-state index is 12.8. The Morgan fingerprint density at radius 1 is 0.867 bits per heavy atom. The van der Waals surface area contributed by atoms with Crippen molar-refractivity contribution >= 4 is 5.91 Å². The third-order valence-corrected chi connectivity index (χ3v) is 4.62. The predicted molar refractivity (Wildman–Crippen MR) is 116 cm³/mol. The largest absolute Gasteiger partial charge is 0.439 e. The summed E-state index contributed by atoms with van der Waals surface area (Å²) in [5, 5.41) is 0. The molecule has 0 aliphatic rings. The number of hydrogen-bond acceptors (Lipinski definition) is 4. The molecular formula is C25H21N3O2. The first kappa shape index (κ1) is 19.3. The van der Waals surface area contributed by atoms with E-state index in [1.165, 1.54) is 6.33 Å². The second-order valence-corrected chi connectivity index (χ2v) is 6.88. The lowest BCUT2D eigenvalue weighted by Crippen LogP contribution is -2.26. The summed E-state index contributed by atoms with van der Waals surface area (Å²) in [6.07, 6.45) is 1.47. The number of carbonyl (C=O) groups excluding carboxylic acids is 1. The van der Waals surface area contributed by atoms with Crippen molar-refractivity contribution in [3.8, 4) is 22.9 Å². The van der Waals surface area contributed by atoms with Crippen LogP contribution in [-0.2, 0) is 6.54 Å². The van der Waals surface area contributed by atoms with Crippen LogP contribution in [0.4, 0.5) is 0 Å². The number of ether oxygens (including phenoxy) is 1. The lowest BCUT2D eigenvalue weighted by Gasteiger charge is -2.17. The van der Waals surface area contributed by atoms with Crippen molar-refractivity contribution in [3.05, 3.63) is 108 Å². The second-order valence-electron chi connectivity index (χ2n) is 6.88. The Labute approximate surface area is 175 Å². The number of hydrogen-bond donors (Lipinski definition) is 0. The highest BCUT2D eigenvalue weighted by Crippen LogP contribution is 2.24. The number of nitrogens with zero attached hydrogens (tertiary/aromatic N) is 3. The summed E-state index contributed by atoms with van der Waals surface area (Å²) in [6, 6.07) is 28.6. The van der Waals surface area contributed by atoms with E-state index in [0.717, 1.165) is 16.8 Å². The van der Waals surface area contributed by atoms with Crippen molar-refractivity contribution in [1.29, 1.82) is 0 Å². The summed E-state index contributed by atoms with van der Waals surface area (Å²) in [4.78, 5) is 23.0. The first-order valence-electron chi connectivity index (χ1n) is 9.64. The van der Waals surface area contributed by atoms with E-state index in [1.54, 1.807) is 42.3 Å². The Morgan fingerprint density at radius 3 is 2.37 bits per heavy atom. The molecule has 0 aliphatic carbocycles. The molecule has 30 heavy (non-hydrogen) atoms. The van der Waals surface area contributed by atoms with Gasteiger partial charge in [-0.1, -0.05) is 66.7 Å². The fourth-order valence-corrected chi connectivity index (χ4v) is 3.12. The van der Waals surface area contributed by atoms with Crippen LogP contribution in [-0.4, -0.2) is 27.8 Å².